The number of rotatable bonds is 7. The van der Waals surface area contributed by atoms with Crippen molar-refractivity contribution in [3.05, 3.63) is 35.4 Å². The second-order valence-electron chi connectivity index (χ2n) is 5.47. The van der Waals surface area contributed by atoms with E-state index in [1.165, 1.54) is 6.26 Å². The molecule has 0 saturated carbocycles. The SMILES string of the molecule is CCNC(=NCc1ccc(C#N)cc1)NC(C)CCS(C)(=O)=O.I. The Morgan fingerprint density at radius 1 is 1.33 bits per heavy atom. The van der Waals surface area contributed by atoms with Gasteiger partial charge in [-0.15, -0.1) is 24.0 Å². The molecule has 6 nitrogen and oxygen atoms in total. The first-order valence-electron chi connectivity index (χ1n) is 7.55. The second kappa shape index (κ2) is 11.3. The van der Waals surface area contributed by atoms with Crippen LogP contribution < -0.4 is 10.6 Å². The highest BCUT2D eigenvalue weighted by Gasteiger charge is 2.09. The number of hydrogen-bond donors (Lipinski definition) is 2. The molecule has 1 rings (SSSR count). The van der Waals surface area contributed by atoms with Crippen LogP contribution in [0.3, 0.4) is 0 Å². The molecule has 1 unspecified atom stereocenters. The zero-order chi connectivity index (χ0) is 17.3. The molecule has 0 bridgehead atoms. The summed E-state index contributed by atoms with van der Waals surface area (Å²) in [7, 11) is -2.96. The van der Waals surface area contributed by atoms with Gasteiger partial charge < -0.3 is 10.6 Å². The van der Waals surface area contributed by atoms with Crippen LogP contribution in [0.2, 0.25) is 0 Å². The molecule has 134 valence electrons. The van der Waals surface area contributed by atoms with Gasteiger partial charge in [0.1, 0.15) is 9.84 Å². The van der Waals surface area contributed by atoms with E-state index in [1.54, 1.807) is 12.1 Å². The lowest BCUT2D eigenvalue weighted by Gasteiger charge is -2.17. The minimum Gasteiger partial charge on any atom is -0.357 e. The fraction of sp³-hybridized carbons (Fsp3) is 0.500. The van der Waals surface area contributed by atoms with Crippen molar-refractivity contribution < 1.29 is 8.42 Å². The number of nitriles is 1. The van der Waals surface area contributed by atoms with Gasteiger partial charge in [-0.05, 0) is 38.0 Å². The van der Waals surface area contributed by atoms with E-state index in [2.05, 4.69) is 21.7 Å². The quantitative estimate of drug-likeness (QED) is 0.366. The molecule has 0 aromatic heterocycles. The monoisotopic (exact) mass is 464 g/mol. The highest BCUT2D eigenvalue weighted by Crippen LogP contribution is 2.04. The predicted molar refractivity (Wildman–Crippen MR) is 108 cm³/mol. The number of halogens is 1. The van der Waals surface area contributed by atoms with E-state index in [-0.39, 0.29) is 35.8 Å². The topological polar surface area (TPSA) is 94.3 Å². The van der Waals surface area contributed by atoms with E-state index in [4.69, 9.17) is 5.26 Å². The molecular formula is C16H25IN4O2S. The predicted octanol–water partition coefficient (Wildman–Crippen LogP) is 2.05. The van der Waals surface area contributed by atoms with Crippen LogP contribution in [0, 0.1) is 11.3 Å². The van der Waals surface area contributed by atoms with Gasteiger partial charge in [0.15, 0.2) is 5.96 Å². The maximum absolute atomic E-state index is 11.2. The number of hydrogen-bond acceptors (Lipinski definition) is 4. The van der Waals surface area contributed by atoms with Crippen molar-refractivity contribution >= 4 is 39.8 Å². The Balaban J connectivity index is 0.00000529. The molecule has 0 amide bonds. The molecule has 0 aliphatic rings. The van der Waals surface area contributed by atoms with Gasteiger partial charge in [-0.2, -0.15) is 5.26 Å². The van der Waals surface area contributed by atoms with Crippen molar-refractivity contribution in [2.75, 3.05) is 18.6 Å². The van der Waals surface area contributed by atoms with Crippen LogP contribution in [0.25, 0.3) is 0 Å². The van der Waals surface area contributed by atoms with Gasteiger partial charge in [-0.3, -0.25) is 0 Å². The summed E-state index contributed by atoms with van der Waals surface area (Å²) in [4.78, 5) is 4.49. The number of benzene rings is 1. The molecule has 1 aromatic rings. The van der Waals surface area contributed by atoms with Gasteiger partial charge in [-0.25, -0.2) is 13.4 Å². The summed E-state index contributed by atoms with van der Waals surface area (Å²) in [5, 5.41) is 15.1. The van der Waals surface area contributed by atoms with Crippen molar-refractivity contribution in [3.63, 3.8) is 0 Å². The minimum absolute atomic E-state index is 0. The van der Waals surface area contributed by atoms with Gasteiger partial charge in [0.2, 0.25) is 0 Å². The van der Waals surface area contributed by atoms with E-state index in [0.29, 0.717) is 24.5 Å². The molecule has 1 aromatic carbocycles. The molecule has 0 radical (unpaired) electrons. The molecule has 0 fully saturated rings. The van der Waals surface area contributed by atoms with Crippen molar-refractivity contribution in [2.24, 2.45) is 4.99 Å². The summed E-state index contributed by atoms with van der Waals surface area (Å²) in [6.07, 6.45) is 1.77. The van der Waals surface area contributed by atoms with Crippen LogP contribution in [0.1, 0.15) is 31.4 Å². The van der Waals surface area contributed by atoms with Crippen LogP contribution in [0.4, 0.5) is 0 Å². The maximum atomic E-state index is 11.2. The Hall–Kier alpha value is -1.34. The number of guanidine groups is 1. The number of nitrogens with zero attached hydrogens (tertiary/aromatic N) is 2. The largest absolute Gasteiger partial charge is 0.357 e. The summed E-state index contributed by atoms with van der Waals surface area (Å²) in [5.74, 6) is 0.800. The molecule has 2 N–H and O–H groups in total. The fourth-order valence-corrected chi connectivity index (χ4v) is 2.65. The van der Waals surface area contributed by atoms with Crippen LogP contribution in [-0.4, -0.2) is 39.0 Å². The van der Waals surface area contributed by atoms with E-state index in [9.17, 15) is 8.42 Å². The molecule has 0 aliphatic heterocycles. The number of nitrogens with one attached hydrogen (secondary N) is 2. The van der Waals surface area contributed by atoms with Crippen LogP contribution in [0.5, 0.6) is 0 Å². The normalized spacial score (nSPS) is 12.7. The Morgan fingerprint density at radius 3 is 2.46 bits per heavy atom. The van der Waals surface area contributed by atoms with Crippen molar-refractivity contribution in [1.29, 1.82) is 5.26 Å². The second-order valence-corrected chi connectivity index (χ2v) is 7.73. The molecule has 0 saturated heterocycles. The van der Waals surface area contributed by atoms with Crippen LogP contribution in [0.15, 0.2) is 29.3 Å². The molecular weight excluding hydrogens is 439 g/mol. The smallest absolute Gasteiger partial charge is 0.191 e. The van der Waals surface area contributed by atoms with E-state index in [0.717, 1.165) is 12.1 Å². The lowest BCUT2D eigenvalue weighted by Crippen LogP contribution is -2.42. The molecule has 24 heavy (non-hydrogen) atoms. The summed E-state index contributed by atoms with van der Waals surface area (Å²) < 4.78 is 22.4. The number of sulfone groups is 1. The summed E-state index contributed by atoms with van der Waals surface area (Å²) in [6.45, 7) is 5.11. The van der Waals surface area contributed by atoms with Gasteiger partial charge in [0.05, 0.1) is 23.9 Å². The highest BCUT2D eigenvalue weighted by molar-refractivity contribution is 14.0. The van der Waals surface area contributed by atoms with Gasteiger partial charge in [0.25, 0.3) is 0 Å². The third-order valence-electron chi connectivity index (χ3n) is 3.15. The van der Waals surface area contributed by atoms with Crippen molar-refractivity contribution in [1.82, 2.24) is 10.6 Å². The fourth-order valence-electron chi connectivity index (χ4n) is 1.87. The van der Waals surface area contributed by atoms with Gasteiger partial charge in [0, 0.05) is 18.8 Å². The Morgan fingerprint density at radius 2 is 1.96 bits per heavy atom. The molecule has 8 heteroatoms. The van der Waals surface area contributed by atoms with E-state index >= 15 is 0 Å². The van der Waals surface area contributed by atoms with Crippen LogP contribution in [-0.2, 0) is 16.4 Å². The first kappa shape index (κ1) is 22.7. The van der Waals surface area contributed by atoms with E-state index < -0.39 is 9.84 Å². The third kappa shape index (κ3) is 9.72. The number of aliphatic imine (C=N–C) groups is 1. The molecule has 1 atom stereocenters. The molecule has 0 spiro atoms. The Labute approximate surface area is 161 Å². The highest BCUT2D eigenvalue weighted by atomic mass is 127. The van der Waals surface area contributed by atoms with Crippen LogP contribution >= 0.6 is 24.0 Å². The Bertz CT molecular complexity index is 666. The summed E-state index contributed by atoms with van der Waals surface area (Å²) in [6, 6.07) is 9.36. The maximum Gasteiger partial charge on any atom is 0.191 e. The van der Waals surface area contributed by atoms with Gasteiger partial charge >= 0.3 is 0 Å². The average Bonchev–Trinajstić information content (AvgIpc) is 2.51. The molecule has 0 aliphatic carbocycles. The summed E-state index contributed by atoms with van der Waals surface area (Å²) in [5.41, 5.74) is 1.63. The average molecular weight is 464 g/mol. The van der Waals surface area contributed by atoms with Crippen molar-refractivity contribution in [3.8, 4) is 6.07 Å². The zero-order valence-electron chi connectivity index (χ0n) is 14.2. The standard InChI is InChI=1S/C16H24N4O2S.HI/c1-4-18-16(20-13(2)9-10-23(3,21)22)19-12-15-7-5-14(11-17)6-8-15;/h5-8,13H,4,9-10,12H2,1-3H3,(H2,18,19,20);1H. The lowest BCUT2D eigenvalue weighted by molar-refractivity contribution is 0.581. The molecule has 0 heterocycles. The minimum atomic E-state index is -2.96. The zero-order valence-corrected chi connectivity index (χ0v) is 17.4. The first-order chi connectivity index (χ1) is 10.8. The summed E-state index contributed by atoms with van der Waals surface area (Å²) >= 11 is 0. The lowest BCUT2D eigenvalue weighted by atomic mass is 10.1. The Kier molecular flexibility index (Phi) is 10.6. The van der Waals surface area contributed by atoms with E-state index in [1.807, 2.05) is 26.0 Å². The first-order valence-corrected chi connectivity index (χ1v) is 9.61. The van der Waals surface area contributed by atoms with Crippen molar-refractivity contribution in [2.45, 2.75) is 32.9 Å². The van der Waals surface area contributed by atoms with Gasteiger partial charge in [-0.1, -0.05) is 12.1 Å². The third-order valence-corrected chi connectivity index (χ3v) is 4.13.